The maximum atomic E-state index is 12.9. The molecule has 1 unspecified atom stereocenters. The number of piperazine rings is 1. The number of rotatable bonds is 5. The molecule has 6 heteroatoms. The van der Waals surface area contributed by atoms with E-state index in [9.17, 15) is 9.59 Å². The van der Waals surface area contributed by atoms with Gasteiger partial charge in [0.1, 0.15) is 11.5 Å². The lowest BCUT2D eigenvalue weighted by Crippen LogP contribution is -2.53. The molecule has 2 aliphatic heterocycles. The van der Waals surface area contributed by atoms with Crippen LogP contribution in [0.15, 0.2) is 54.6 Å². The summed E-state index contributed by atoms with van der Waals surface area (Å²) in [6.45, 7) is 6.22. The van der Waals surface area contributed by atoms with Gasteiger partial charge in [0.25, 0.3) is 5.91 Å². The van der Waals surface area contributed by atoms with E-state index in [2.05, 4.69) is 11.8 Å². The molecule has 2 amide bonds. The Bertz CT molecular complexity index is 877. The number of likely N-dealkylation sites (tertiary alicyclic amines) is 1. The van der Waals surface area contributed by atoms with Crippen LogP contribution in [0.5, 0.6) is 11.5 Å². The first kappa shape index (κ1) is 21.4. The summed E-state index contributed by atoms with van der Waals surface area (Å²) >= 11 is 0. The first-order chi connectivity index (χ1) is 15.1. The summed E-state index contributed by atoms with van der Waals surface area (Å²) in [5.41, 5.74) is 0.659. The molecule has 2 aromatic rings. The molecule has 2 heterocycles. The van der Waals surface area contributed by atoms with Gasteiger partial charge in [-0.2, -0.15) is 0 Å². The van der Waals surface area contributed by atoms with Crippen LogP contribution >= 0.6 is 0 Å². The van der Waals surface area contributed by atoms with E-state index < -0.39 is 0 Å². The third-order valence-electron chi connectivity index (χ3n) is 6.22. The lowest BCUT2D eigenvalue weighted by Gasteiger charge is -2.38. The topological polar surface area (TPSA) is 53.1 Å². The van der Waals surface area contributed by atoms with Crippen LogP contribution in [-0.4, -0.2) is 71.8 Å². The number of hydrogen-bond acceptors (Lipinski definition) is 4. The highest BCUT2D eigenvalue weighted by Crippen LogP contribution is 2.22. The van der Waals surface area contributed by atoms with E-state index in [-0.39, 0.29) is 11.8 Å². The molecular formula is C25H31N3O3. The normalized spacial score (nSPS) is 19.8. The lowest BCUT2D eigenvalue weighted by molar-refractivity contribution is -0.136. The average molecular weight is 422 g/mol. The molecule has 0 bridgehead atoms. The van der Waals surface area contributed by atoms with Crippen molar-refractivity contribution in [2.24, 2.45) is 0 Å². The van der Waals surface area contributed by atoms with E-state index >= 15 is 0 Å². The Morgan fingerprint density at radius 3 is 2.23 bits per heavy atom. The van der Waals surface area contributed by atoms with Gasteiger partial charge in [0.2, 0.25) is 5.91 Å². The number of benzene rings is 2. The van der Waals surface area contributed by atoms with Gasteiger partial charge in [0, 0.05) is 44.3 Å². The van der Waals surface area contributed by atoms with Crippen LogP contribution in [0.2, 0.25) is 0 Å². The van der Waals surface area contributed by atoms with Gasteiger partial charge in [-0.1, -0.05) is 18.2 Å². The zero-order valence-corrected chi connectivity index (χ0v) is 18.2. The maximum absolute atomic E-state index is 12.9. The molecule has 0 radical (unpaired) electrons. The van der Waals surface area contributed by atoms with Crippen molar-refractivity contribution in [3.8, 4) is 11.5 Å². The molecule has 2 fully saturated rings. The van der Waals surface area contributed by atoms with E-state index in [0.29, 0.717) is 37.0 Å². The van der Waals surface area contributed by atoms with Crippen molar-refractivity contribution in [1.82, 2.24) is 14.7 Å². The van der Waals surface area contributed by atoms with Gasteiger partial charge >= 0.3 is 0 Å². The Hall–Kier alpha value is -2.86. The van der Waals surface area contributed by atoms with Crippen molar-refractivity contribution in [1.29, 1.82) is 0 Å². The number of ether oxygens (including phenoxy) is 1. The molecule has 0 aliphatic carbocycles. The summed E-state index contributed by atoms with van der Waals surface area (Å²) < 4.78 is 5.80. The van der Waals surface area contributed by atoms with Gasteiger partial charge in [0.05, 0.1) is 6.54 Å². The molecular weight excluding hydrogens is 390 g/mol. The molecule has 2 saturated heterocycles. The van der Waals surface area contributed by atoms with Crippen LogP contribution < -0.4 is 4.74 Å². The van der Waals surface area contributed by atoms with Crippen LogP contribution in [0.4, 0.5) is 0 Å². The Morgan fingerprint density at radius 1 is 0.871 bits per heavy atom. The van der Waals surface area contributed by atoms with Crippen molar-refractivity contribution in [2.75, 3.05) is 39.3 Å². The molecule has 4 rings (SSSR count). The fourth-order valence-corrected chi connectivity index (χ4v) is 4.33. The fourth-order valence-electron chi connectivity index (χ4n) is 4.33. The minimum atomic E-state index is 0.0295. The van der Waals surface area contributed by atoms with Crippen LogP contribution in [-0.2, 0) is 4.79 Å². The van der Waals surface area contributed by atoms with Crippen molar-refractivity contribution in [3.63, 3.8) is 0 Å². The SMILES string of the molecule is CC1CCCCN1C(=O)CN1CCN(C(=O)c2ccc(Oc3ccccc3)cc2)CC1. The number of para-hydroxylation sites is 1. The van der Waals surface area contributed by atoms with Crippen molar-refractivity contribution < 1.29 is 14.3 Å². The van der Waals surface area contributed by atoms with Crippen molar-refractivity contribution in [2.45, 2.75) is 32.2 Å². The number of piperidine rings is 1. The molecule has 0 N–H and O–H groups in total. The van der Waals surface area contributed by atoms with Crippen molar-refractivity contribution >= 4 is 11.8 Å². The molecule has 2 aliphatic rings. The summed E-state index contributed by atoms with van der Waals surface area (Å²) in [5, 5.41) is 0. The van der Waals surface area contributed by atoms with Gasteiger partial charge in [-0.3, -0.25) is 14.5 Å². The molecule has 0 spiro atoms. The summed E-state index contributed by atoms with van der Waals surface area (Å²) in [6, 6.07) is 17.2. The predicted molar refractivity (Wildman–Crippen MR) is 120 cm³/mol. The zero-order chi connectivity index (χ0) is 21.6. The Labute approximate surface area is 184 Å². The molecule has 31 heavy (non-hydrogen) atoms. The molecule has 0 saturated carbocycles. The number of nitrogens with zero attached hydrogens (tertiary/aromatic N) is 3. The summed E-state index contributed by atoms with van der Waals surface area (Å²) in [4.78, 5) is 31.6. The Kier molecular flexibility index (Phi) is 6.87. The number of carbonyl (C=O) groups excluding carboxylic acids is 2. The fraction of sp³-hybridized carbons (Fsp3) is 0.440. The molecule has 164 valence electrons. The van der Waals surface area contributed by atoms with Crippen LogP contribution in [0.25, 0.3) is 0 Å². The van der Waals surface area contributed by atoms with E-state index in [1.54, 1.807) is 0 Å². The van der Waals surface area contributed by atoms with Gasteiger partial charge < -0.3 is 14.5 Å². The van der Waals surface area contributed by atoms with E-state index in [1.165, 1.54) is 6.42 Å². The Balaban J connectivity index is 1.26. The number of amides is 2. The minimum Gasteiger partial charge on any atom is -0.457 e. The van der Waals surface area contributed by atoms with Crippen LogP contribution in [0, 0.1) is 0 Å². The van der Waals surface area contributed by atoms with Crippen molar-refractivity contribution in [3.05, 3.63) is 60.2 Å². The largest absolute Gasteiger partial charge is 0.457 e. The van der Waals surface area contributed by atoms with Gasteiger partial charge in [0.15, 0.2) is 0 Å². The van der Waals surface area contributed by atoms with E-state index in [0.717, 1.165) is 38.2 Å². The lowest BCUT2D eigenvalue weighted by atomic mass is 10.0. The minimum absolute atomic E-state index is 0.0295. The Morgan fingerprint density at radius 2 is 1.55 bits per heavy atom. The second-order valence-corrected chi connectivity index (χ2v) is 8.44. The predicted octanol–water partition coefficient (Wildman–Crippen LogP) is 3.64. The molecule has 0 aromatic heterocycles. The highest BCUT2D eigenvalue weighted by Gasteiger charge is 2.27. The number of carbonyl (C=O) groups is 2. The summed E-state index contributed by atoms with van der Waals surface area (Å²) in [7, 11) is 0. The highest BCUT2D eigenvalue weighted by molar-refractivity contribution is 5.94. The van der Waals surface area contributed by atoms with Gasteiger partial charge in [-0.25, -0.2) is 0 Å². The van der Waals surface area contributed by atoms with Crippen LogP contribution in [0.3, 0.4) is 0 Å². The molecule has 1 atom stereocenters. The summed E-state index contributed by atoms with van der Waals surface area (Å²) in [6.07, 6.45) is 3.42. The highest BCUT2D eigenvalue weighted by atomic mass is 16.5. The second-order valence-electron chi connectivity index (χ2n) is 8.44. The quantitative estimate of drug-likeness (QED) is 0.740. The standard InChI is InChI=1S/C25H31N3O3/c1-20-7-5-6-14-28(20)24(29)19-26-15-17-27(18-16-26)25(30)21-10-12-23(13-11-21)31-22-8-3-2-4-9-22/h2-4,8-13,20H,5-7,14-19H2,1H3. The van der Waals surface area contributed by atoms with E-state index in [4.69, 9.17) is 4.74 Å². The smallest absolute Gasteiger partial charge is 0.253 e. The monoisotopic (exact) mass is 421 g/mol. The summed E-state index contributed by atoms with van der Waals surface area (Å²) in [5.74, 6) is 1.73. The third kappa shape index (κ3) is 5.44. The first-order valence-electron chi connectivity index (χ1n) is 11.2. The van der Waals surface area contributed by atoms with E-state index in [1.807, 2.05) is 64.4 Å². The molecule has 2 aromatic carbocycles. The van der Waals surface area contributed by atoms with Gasteiger partial charge in [-0.15, -0.1) is 0 Å². The van der Waals surface area contributed by atoms with Crippen LogP contribution in [0.1, 0.15) is 36.5 Å². The average Bonchev–Trinajstić information content (AvgIpc) is 2.80. The third-order valence-corrected chi connectivity index (χ3v) is 6.22. The second kappa shape index (κ2) is 9.96. The number of hydrogen-bond donors (Lipinski definition) is 0. The maximum Gasteiger partial charge on any atom is 0.253 e. The first-order valence-corrected chi connectivity index (χ1v) is 11.2. The molecule has 6 nitrogen and oxygen atoms in total. The van der Waals surface area contributed by atoms with Gasteiger partial charge in [-0.05, 0) is 62.6 Å². The zero-order valence-electron chi connectivity index (χ0n) is 18.2.